The van der Waals surface area contributed by atoms with Gasteiger partial charge in [0.05, 0.1) is 12.2 Å². The number of sulfonamides is 1. The third-order valence-corrected chi connectivity index (χ3v) is 7.36. The third-order valence-electron chi connectivity index (χ3n) is 3.86. The molecule has 0 amide bonds. The van der Waals surface area contributed by atoms with Crippen LogP contribution in [0.3, 0.4) is 0 Å². The summed E-state index contributed by atoms with van der Waals surface area (Å²) in [7, 11) is -1.21. The fourth-order valence-corrected chi connectivity index (χ4v) is 5.02. The van der Waals surface area contributed by atoms with E-state index in [4.69, 9.17) is 4.42 Å². The summed E-state index contributed by atoms with van der Waals surface area (Å²) in [6.07, 6.45) is 0. The average Bonchev–Trinajstić information content (AvgIpc) is 3.20. The number of hydrogen-bond acceptors (Lipinski definition) is 9. The van der Waals surface area contributed by atoms with Crippen LogP contribution in [0, 0.1) is 6.92 Å². The van der Waals surface area contributed by atoms with Gasteiger partial charge in [-0.15, -0.1) is 0 Å². The van der Waals surface area contributed by atoms with E-state index < -0.39 is 26.9 Å². The van der Waals surface area contributed by atoms with Crippen LogP contribution in [0.1, 0.15) is 11.5 Å². The van der Waals surface area contributed by atoms with Crippen LogP contribution >= 0.6 is 27.1 Å². The number of aryl methyl sites for hydroxylation is 1. The SMILES string of the molecule is Cc1ccc(CNc2n[s+]([O-])nc2Nc2ccc(Br)c(S(=O)(=O)N(C)C)c2O)o1. The van der Waals surface area contributed by atoms with Crippen LogP contribution in [-0.4, -0.2) is 45.2 Å². The van der Waals surface area contributed by atoms with Gasteiger partial charge in [-0.1, -0.05) is 0 Å². The van der Waals surface area contributed by atoms with Gasteiger partial charge >= 0.3 is 0 Å². The lowest BCUT2D eigenvalue weighted by atomic mass is 10.3. The molecule has 0 radical (unpaired) electrons. The second-order valence-electron chi connectivity index (χ2n) is 6.16. The predicted octanol–water partition coefficient (Wildman–Crippen LogP) is 3.18. The topological polar surface area (TPSA) is 144 Å². The Bertz CT molecular complexity index is 1140. The van der Waals surface area contributed by atoms with Gasteiger partial charge in [0.15, 0.2) is 16.9 Å². The molecule has 3 aromatic rings. The Labute approximate surface area is 178 Å². The summed E-state index contributed by atoms with van der Waals surface area (Å²) in [5.41, 5.74) is 0.0645. The van der Waals surface area contributed by atoms with E-state index in [-0.39, 0.29) is 33.2 Å². The van der Waals surface area contributed by atoms with E-state index in [1.54, 1.807) is 6.07 Å². The molecule has 0 saturated heterocycles. The molecule has 2 heterocycles. The maximum Gasteiger partial charge on any atom is 0.247 e. The number of phenolic OH excluding ortho intramolecular Hbond substituents is 1. The third kappa shape index (κ3) is 4.53. The zero-order chi connectivity index (χ0) is 21.3. The molecule has 10 nitrogen and oxygen atoms in total. The van der Waals surface area contributed by atoms with E-state index in [9.17, 15) is 18.1 Å². The van der Waals surface area contributed by atoms with E-state index in [1.807, 2.05) is 13.0 Å². The molecule has 156 valence electrons. The van der Waals surface area contributed by atoms with Gasteiger partial charge in [-0.25, -0.2) is 12.7 Å². The van der Waals surface area contributed by atoms with Gasteiger partial charge in [-0.3, -0.25) is 0 Å². The number of benzene rings is 1. The zero-order valence-corrected chi connectivity index (χ0v) is 18.9. The standard InChI is InChI=1S/C16H18BrN5O5S2/c1-9-4-5-10(27-9)8-18-15-16(21-28(24)20-15)19-12-7-6-11(17)14(13(12)23)29(25,26)22(2)3/h4-7,23H,8H2,1-3H3,(H,18,20)(H,19,21). The lowest BCUT2D eigenvalue weighted by Crippen LogP contribution is -2.22. The fraction of sp³-hybridized carbons (Fsp3) is 0.250. The molecule has 0 spiro atoms. The van der Waals surface area contributed by atoms with Crippen molar-refractivity contribution in [2.75, 3.05) is 24.7 Å². The van der Waals surface area contributed by atoms with E-state index in [0.29, 0.717) is 5.76 Å². The molecular formula is C16H18BrN5O5S2. The molecule has 1 aromatic carbocycles. The Balaban J connectivity index is 1.91. The molecule has 29 heavy (non-hydrogen) atoms. The summed E-state index contributed by atoms with van der Waals surface area (Å²) in [5, 5.41) is 16.3. The normalized spacial score (nSPS) is 12.4. The van der Waals surface area contributed by atoms with Gasteiger partial charge in [-0.2, -0.15) is 0 Å². The van der Waals surface area contributed by atoms with Crippen LogP contribution in [0.25, 0.3) is 0 Å². The minimum atomic E-state index is -3.92. The van der Waals surface area contributed by atoms with Crippen molar-refractivity contribution in [3.05, 3.63) is 40.3 Å². The average molecular weight is 504 g/mol. The second kappa shape index (κ2) is 8.28. The molecule has 0 saturated carbocycles. The number of hydrogen-bond donors (Lipinski definition) is 3. The second-order valence-corrected chi connectivity index (χ2v) is 9.93. The van der Waals surface area contributed by atoms with Crippen molar-refractivity contribution in [1.29, 1.82) is 0 Å². The molecule has 13 heteroatoms. The predicted molar refractivity (Wildman–Crippen MR) is 111 cm³/mol. The van der Waals surface area contributed by atoms with Crippen LogP contribution in [0.4, 0.5) is 17.3 Å². The van der Waals surface area contributed by atoms with Crippen LogP contribution in [0.15, 0.2) is 38.1 Å². The summed E-state index contributed by atoms with van der Waals surface area (Å²) >= 11 is 1.31. The minimum Gasteiger partial charge on any atom is -0.546 e. The molecule has 0 fully saturated rings. The summed E-state index contributed by atoms with van der Waals surface area (Å²) in [4.78, 5) is -0.301. The highest BCUT2D eigenvalue weighted by Crippen LogP contribution is 2.40. The molecule has 1 atom stereocenters. The molecule has 1 unspecified atom stereocenters. The first kappa shape index (κ1) is 21.5. The van der Waals surface area contributed by atoms with Crippen LogP contribution in [0.5, 0.6) is 5.75 Å². The van der Waals surface area contributed by atoms with E-state index in [1.165, 1.54) is 26.2 Å². The van der Waals surface area contributed by atoms with Gasteiger partial charge in [0.1, 0.15) is 16.4 Å². The first-order valence-corrected chi connectivity index (χ1v) is 11.5. The molecule has 3 N–H and O–H groups in total. The van der Waals surface area contributed by atoms with Crippen molar-refractivity contribution in [2.24, 2.45) is 0 Å². The van der Waals surface area contributed by atoms with E-state index in [0.717, 1.165) is 10.1 Å². The Morgan fingerprint density at radius 2 is 1.93 bits per heavy atom. The van der Waals surface area contributed by atoms with Crippen molar-refractivity contribution in [1.82, 2.24) is 13.1 Å². The monoisotopic (exact) mass is 503 g/mol. The Morgan fingerprint density at radius 3 is 2.55 bits per heavy atom. The van der Waals surface area contributed by atoms with Gasteiger partial charge < -0.3 is 24.7 Å². The van der Waals surface area contributed by atoms with Gasteiger partial charge in [-0.05, 0) is 47.1 Å². The van der Waals surface area contributed by atoms with E-state index in [2.05, 4.69) is 35.3 Å². The smallest absolute Gasteiger partial charge is 0.247 e. The molecular weight excluding hydrogens is 486 g/mol. The number of anilines is 3. The maximum absolute atomic E-state index is 12.5. The van der Waals surface area contributed by atoms with Crippen LogP contribution in [-0.2, 0) is 16.6 Å². The van der Waals surface area contributed by atoms with Gasteiger partial charge in [0.2, 0.25) is 21.7 Å². The highest BCUT2D eigenvalue weighted by Gasteiger charge is 2.27. The van der Waals surface area contributed by atoms with Crippen LogP contribution in [0.2, 0.25) is 0 Å². The van der Waals surface area contributed by atoms with Crippen molar-refractivity contribution in [3.63, 3.8) is 0 Å². The van der Waals surface area contributed by atoms with Gasteiger partial charge in [0, 0.05) is 27.3 Å². The number of nitrogens with one attached hydrogen (secondary N) is 2. The lowest BCUT2D eigenvalue weighted by Gasteiger charge is -2.16. The van der Waals surface area contributed by atoms with Crippen LogP contribution < -0.4 is 10.6 Å². The summed E-state index contributed by atoms with van der Waals surface area (Å²) in [5.74, 6) is 1.18. The molecule has 0 aliphatic carbocycles. The van der Waals surface area contributed by atoms with Crippen molar-refractivity contribution in [3.8, 4) is 5.75 Å². The quantitative estimate of drug-likeness (QED) is 0.326. The number of phenols is 1. The zero-order valence-electron chi connectivity index (χ0n) is 15.6. The highest BCUT2D eigenvalue weighted by molar-refractivity contribution is 9.10. The Morgan fingerprint density at radius 1 is 1.24 bits per heavy atom. The number of nitrogens with zero attached hydrogens (tertiary/aromatic N) is 3. The number of rotatable bonds is 7. The van der Waals surface area contributed by atoms with Gasteiger partial charge in [0.25, 0.3) is 0 Å². The Hall–Kier alpha value is -2.19. The van der Waals surface area contributed by atoms with Crippen molar-refractivity contribution >= 4 is 54.4 Å². The molecule has 2 aromatic heterocycles. The summed E-state index contributed by atoms with van der Waals surface area (Å²) < 4.78 is 51.2. The molecule has 0 aliphatic rings. The summed E-state index contributed by atoms with van der Waals surface area (Å²) in [6, 6.07) is 6.54. The highest BCUT2D eigenvalue weighted by atomic mass is 79.9. The maximum atomic E-state index is 12.5. The molecule has 0 aliphatic heterocycles. The lowest BCUT2D eigenvalue weighted by molar-refractivity contribution is 0.453. The number of furan rings is 1. The van der Waals surface area contributed by atoms with Crippen molar-refractivity contribution < 1.29 is 22.5 Å². The minimum absolute atomic E-state index is 0.0645. The first-order chi connectivity index (χ1) is 13.6. The molecule has 0 bridgehead atoms. The number of aromatic nitrogens is 2. The first-order valence-electron chi connectivity index (χ1n) is 8.19. The number of halogens is 1. The number of aromatic hydroxyl groups is 1. The molecule has 3 rings (SSSR count). The van der Waals surface area contributed by atoms with Crippen molar-refractivity contribution in [2.45, 2.75) is 18.4 Å². The fourth-order valence-electron chi connectivity index (χ4n) is 2.41. The largest absolute Gasteiger partial charge is 0.546 e. The summed E-state index contributed by atoms with van der Waals surface area (Å²) in [6.45, 7) is 2.09. The van der Waals surface area contributed by atoms with E-state index >= 15 is 0 Å². The Kier molecular flexibility index (Phi) is 6.14.